The molecule has 1 unspecified atom stereocenters. The molecule has 2 rings (SSSR count). The molecule has 0 aromatic carbocycles. The second-order valence-corrected chi connectivity index (χ2v) is 5.46. The summed E-state index contributed by atoms with van der Waals surface area (Å²) in [4.78, 5) is 6.78. The van der Waals surface area contributed by atoms with Gasteiger partial charge in [0.05, 0.1) is 5.51 Å². The average molecular weight is 238 g/mol. The number of rotatable bonds is 4. The van der Waals surface area contributed by atoms with Crippen molar-refractivity contribution >= 4 is 22.7 Å². The SMILES string of the molecule is Cc1ccsc1C(C)NCc1cncs1. The van der Waals surface area contributed by atoms with Gasteiger partial charge < -0.3 is 5.32 Å². The predicted molar refractivity (Wildman–Crippen MR) is 66.4 cm³/mol. The highest BCUT2D eigenvalue weighted by Gasteiger charge is 2.09. The van der Waals surface area contributed by atoms with E-state index in [4.69, 9.17) is 0 Å². The van der Waals surface area contributed by atoms with E-state index >= 15 is 0 Å². The maximum atomic E-state index is 4.06. The van der Waals surface area contributed by atoms with Gasteiger partial charge in [-0.1, -0.05) is 0 Å². The molecule has 80 valence electrons. The van der Waals surface area contributed by atoms with Crippen LogP contribution in [0.2, 0.25) is 0 Å². The van der Waals surface area contributed by atoms with E-state index in [9.17, 15) is 0 Å². The van der Waals surface area contributed by atoms with Crippen LogP contribution in [0.5, 0.6) is 0 Å². The van der Waals surface area contributed by atoms with Crippen LogP contribution in [0.25, 0.3) is 0 Å². The number of nitrogens with zero attached hydrogens (tertiary/aromatic N) is 1. The summed E-state index contributed by atoms with van der Waals surface area (Å²) in [5.74, 6) is 0. The molecular formula is C11H14N2S2. The lowest BCUT2D eigenvalue weighted by Crippen LogP contribution is -2.17. The van der Waals surface area contributed by atoms with Gasteiger partial charge in [0.2, 0.25) is 0 Å². The first-order valence-corrected chi connectivity index (χ1v) is 6.68. The first-order valence-electron chi connectivity index (χ1n) is 4.92. The quantitative estimate of drug-likeness (QED) is 0.883. The van der Waals surface area contributed by atoms with E-state index in [0.29, 0.717) is 6.04 Å². The van der Waals surface area contributed by atoms with E-state index in [1.165, 1.54) is 15.3 Å². The number of thiophene rings is 1. The highest BCUT2D eigenvalue weighted by atomic mass is 32.1. The van der Waals surface area contributed by atoms with E-state index in [1.54, 1.807) is 11.3 Å². The Hall–Kier alpha value is -0.710. The average Bonchev–Trinajstić information content (AvgIpc) is 2.84. The van der Waals surface area contributed by atoms with Crippen molar-refractivity contribution in [3.63, 3.8) is 0 Å². The molecule has 0 amide bonds. The standard InChI is InChI=1S/C11H14N2S2/c1-8-3-4-14-11(8)9(2)13-6-10-5-12-7-15-10/h3-5,7,9,13H,6H2,1-2H3. The summed E-state index contributed by atoms with van der Waals surface area (Å²) in [6, 6.07) is 2.59. The van der Waals surface area contributed by atoms with Crippen LogP contribution in [0.3, 0.4) is 0 Å². The largest absolute Gasteiger partial charge is 0.304 e. The maximum Gasteiger partial charge on any atom is 0.0794 e. The second-order valence-electron chi connectivity index (χ2n) is 3.54. The fourth-order valence-electron chi connectivity index (χ4n) is 1.50. The van der Waals surface area contributed by atoms with Crippen molar-refractivity contribution in [2.45, 2.75) is 26.4 Å². The molecule has 2 aromatic rings. The van der Waals surface area contributed by atoms with Crippen LogP contribution in [0.4, 0.5) is 0 Å². The van der Waals surface area contributed by atoms with Gasteiger partial charge in [0.1, 0.15) is 0 Å². The monoisotopic (exact) mass is 238 g/mol. The third kappa shape index (κ3) is 2.65. The summed E-state index contributed by atoms with van der Waals surface area (Å²) in [6.07, 6.45) is 1.92. The van der Waals surface area contributed by atoms with Crippen LogP contribution < -0.4 is 5.32 Å². The summed E-state index contributed by atoms with van der Waals surface area (Å²) < 4.78 is 0. The molecular weight excluding hydrogens is 224 g/mol. The van der Waals surface area contributed by atoms with E-state index in [1.807, 2.05) is 23.0 Å². The molecule has 4 heteroatoms. The molecule has 1 N–H and O–H groups in total. The van der Waals surface area contributed by atoms with Crippen molar-refractivity contribution in [3.8, 4) is 0 Å². The molecule has 0 saturated carbocycles. The molecule has 0 spiro atoms. The molecule has 2 aromatic heterocycles. The molecule has 0 aliphatic rings. The molecule has 0 aliphatic carbocycles. The van der Waals surface area contributed by atoms with Crippen molar-refractivity contribution in [3.05, 3.63) is 38.5 Å². The zero-order valence-corrected chi connectivity index (χ0v) is 10.5. The Morgan fingerprint density at radius 1 is 1.47 bits per heavy atom. The van der Waals surface area contributed by atoms with Crippen molar-refractivity contribution < 1.29 is 0 Å². The fraction of sp³-hybridized carbons (Fsp3) is 0.364. The van der Waals surface area contributed by atoms with Gasteiger partial charge in [0.25, 0.3) is 0 Å². The molecule has 2 nitrogen and oxygen atoms in total. The third-order valence-electron chi connectivity index (χ3n) is 2.36. The van der Waals surface area contributed by atoms with Gasteiger partial charge in [-0.3, -0.25) is 4.98 Å². The van der Waals surface area contributed by atoms with Gasteiger partial charge in [-0.25, -0.2) is 0 Å². The van der Waals surface area contributed by atoms with E-state index in [-0.39, 0.29) is 0 Å². The van der Waals surface area contributed by atoms with Gasteiger partial charge in [0, 0.05) is 28.5 Å². The van der Waals surface area contributed by atoms with E-state index in [0.717, 1.165) is 6.54 Å². The predicted octanol–water partition coefficient (Wildman–Crippen LogP) is 3.36. The zero-order valence-electron chi connectivity index (χ0n) is 8.86. The van der Waals surface area contributed by atoms with Crippen LogP contribution in [0.1, 0.15) is 28.3 Å². The van der Waals surface area contributed by atoms with Crippen molar-refractivity contribution in [1.82, 2.24) is 10.3 Å². The van der Waals surface area contributed by atoms with Gasteiger partial charge in [0.15, 0.2) is 0 Å². The Bertz CT molecular complexity index is 406. The lowest BCUT2D eigenvalue weighted by molar-refractivity contribution is 0.584. The van der Waals surface area contributed by atoms with Gasteiger partial charge in [-0.2, -0.15) is 0 Å². The van der Waals surface area contributed by atoms with Crippen molar-refractivity contribution in [1.29, 1.82) is 0 Å². The Labute approximate surface area is 98.0 Å². The van der Waals surface area contributed by atoms with E-state index in [2.05, 4.69) is 35.6 Å². The summed E-state index contributed by atoms with van der Waals surface area (Å²) >= 11 is 3.52. The van der Waals surface area contributed by atoms with Crippen LogP contribution in [0.15, 0.2) is 23.2 Å². The number of aromatic nitrogens is 1. The Kier molecular flexibility index (Phi) is 3.51. The summed E-state index contributed by atoms with van der Waals surface area (Å²) in [7, 11) is 0. The van der Waals surface area contributed by atoms with Crippen LogP contribution in [0, 0.1) is 6.92 Å². The number of thiazole rings is 1. The minimum Gasteiger partial charge on any atom is -0.304 e. The zero-order chi connectivity index (χ0) is 10.7. The first-order chi connectivity index (χ1) is 7.27. The Morgan fingerprint density at radius 2 is 2.33 bits per heavy atom. The van der Waals surface area contributed by atoms with E-state index < -0.39 is 0 Å². The van der Waals surface area contributed by atoms with Crippen molar-refractivity contribution in [2.24, 2.45) is 0 Å². The maximum absolute atomic E-state index is 4.06. The molecule has 1 atom stereocenters. The van der Waals surface area contributed by atoms with Crippen LogP contribution in [-0.2, 0) is 6.54 Å². The molecule has 2 heterocycles. The molecule has 0 bridgehead atoms. The molecule has 15 heavy (non-hydrogen) atoms. The highest BCUT2D eigenvalue weighted by molar-refractivity contribution is 7.10. The molecule has 0 saturated heterocycles. The molecule has 0 aliphatic heterocycles. The first kappa shape index (κ1) is 10.8. The lowest BCUT2D eigenvalue weighted by atomic mass is 10.2. The second kappa shape index (κ2) is 4.88. The number of hydrogen-bond acceptors (Lipinski definition) is 4. The topological polar surface area (TPSA) is 24.9 Å². The Morgan fingerprint density at radius 3 is 2.93 bits per heavy atom. The number of nitrogens with one attached hydrogen (secondary N) is 1. The molecule has 0 fully saturated rings. The van der Waals surface area contributed by atoms with Crippen LogP contribution in [-0.4, -0.2) is 4.98 Å². The number of aryl methyl sites for hydroxylation is 1. The fourth-order valence-corrected chi connectivity index (χ4v) is 3.01. The smallest absolute Gasteiger partial charge is 0.0794 e. The highest BCUT2D eigenvalue weighted by Crippen LogP contribution is 2.23. The lowest BCUT2D eigenvalue weighted by Gasteiger charge is -2.12. The Balaban J connectivity index is 1.93. The minimum atomic E-state index is 0.423. The van der Waals surface area contributed by atoms with Crippen LogP contribution >= 0.6 is 22.7 Å². The van der Waals surface area contributed by atoms with Gasteiger partial charge in [-0.05, 0) is 30.9 Å². The van der Waals surface area contributed by atoms with Gasteiger partial charge in [-0.15, -0.1) is 22.7 Å². The minimum absolute atomic E-state index is 0.423. The summed E-state index contributed by atoms with van der Waals surface area (Å²) in [5.41, 5.74) is 3.25. The number of hydrogen-bond donors (Lipinski definition) is 1. The summed E-state index contributed by atoms with van der Waals surface area (Å²) in [5, 5.41) is 5.66. The van der Waals surface area contributed by atoms with Gasteiger partial charge >= 0.3 is 0 Å². The van der Waals surface area contributed by atoms with Crippen molar-refractivity contribution in [2.75, 3.05) is 0 Å². The molecule has 0 radical (unpaired) electrons. The summed E-state index contributed by atoms with van der Waals surface area (Å²) in [6.45, 7) is 5.28. The normalized spacial score (nSPS) is 12.9. The third-order valence-corrected chi connectivity index (χ3v) is 4.34.